The third kappa shape index (κ3) is 5.34. The summed E-state index contributed by atoms with van der Waals surface area (Å²) in [5, 5.41) is 2.95. The van der Waals surface area contributed by atoms with Gasteiger partial charge >= 0.3 is 6.09 Å². The summed E-state index contributed by atoms with van der Waals surface area (Å²) < 4.78 is 21.3. The number of hydrogen-bond acceptors (Lipinski definition) is 4. The smallest absolute Gasteiger partial charge is 0.420 e. The summed E-state index contributed by atoms with van der Waals surface area (Å²) in [4.78, 5) is 29.7. The van der Waals surface area contributed by atoms with Crippen LogP contribution in [0.25, 0.3) is 11.3 Å². The molecule has 0 radical (unpaired) electrons. The van der Waals surface area contributed by atoms with Crippen molar-refractivity contribution < 1.29 is 18.7 Å². The van der Waals surface area contributed by atoms with E-state index >= 15 is 0 Å². The fourth-order valence-corrected chi connectivity index (χ4v) is 3.45. The predicted octanol–water partition coefficient (Wildman–Crippen LogP) is 5.18. The average Bonchev–Trinajstić information content (AvgIpc) is 3.06. The van der Waals surface area contributed by atoms with E-state index in [0.717, 1.165) is 0 Å². The molecule has 0 spiro atoms. The number of nitrogens with zero attached hydrogens (tertiary/aromatic N) is 2. The van der Waals surface area contributed by atoms with Crippen molar-refractivity contribution in [2.75, 3.05) is 0 Å². The summed E-state index contributed by atoms with van der Waals surface area (Å²) >= 11 is 0. The zero-order valence-electron chi connectivity index (χ0n) is 18.3. The van der Waals surface area contributed by atoms with E-state index in [1.54, 1.807) is 45.0 Å². The van der Waals surface area contributed by atoms with Crippen LogP contribution in [0.15, 0.2) is 43.1 Å². The fraction of sp³-hybridized carbons (Fsp3) is 0.435. The first-order valence-electron chi connectivity index (χ1n) is 10.0. The van der Waals surface area contributed by atoms with Gasteiger partial charge in [-0.2, -0.15) is 0 Å². The average molecular weight is 416 g/mol. The normalized spacial score (nSPS) is 13.4. The molecule has 1 heterocycles. The maximum atomic E-state index is 14.4. The van der Waals surface area contributed by atoms with Gasteiger partial charge in [0.1, 0.15) is 22.8 Å². The van der Waals surface area contributed by atoms with Gasteiger partial charge in [-0.1, -0.05) is 31.6 Å². The van der Waals surface area contributed by atoms with Gasteiger partial charge in [0.2, 0.25) is 5.91 Å². The van der Waals surface area contributed by atoms with Crippen LogP contribution in [0, 0.1) is 5.82 Å². The second-order valence-corrected chi connectivity index (χ2v) is 8.29. The van der Waals surface area contributed by atoms with Gasteiger partial charge in [-0.3, -0.25) is 4.79 Å². The Kier molecular flexibility index (Phi) is 7.18. The lowest BCUT2D eigenvalue weighted by Gasteiger charge is -2.33. The van der Waals surface area contributed by atoms with Crippen LogP contribution in [0.5, 0.6) is 0 Å². The molecular weight excluding hydrogens is 385 g/mol. The number of imidazole rings is 1. The van der Waals surface area contributed by atoms with E-state index in [2.05, 4.69) is 16.9 Å². The molecule has 0 saturated heterocycles. The molecule has 1 unspecified atom stereocenters. The Morgan fingerprint density at radius 3 is 2.50 bits per heavy atom. The van der Waals surface area contributed by atoms with Crippen LogP contribution in [0.2, 0.25) is 0 Å². The molecule has 1 amide bonds. The van der Waals surface area contributed by atoms with E-state index in [1.807, 2.05) is 6.92 Å². The van der Waals surface area contributed by atoms with E-state index in [0.29, 0.717) is 19.3 Å². The van der Waals surface area contributed by atoms with Gasteiger partial charge in [0.05, 0.1) is 5.69 Å². The first kappa shape index (κ1) is 23.3. The molecule has 1 aromatic carbocycles. The minimum Gasteiger partial charge on any atom is -0.443 e. The predicted molar refractivity (Wildman–Crippen MR) is 114 cm³/mol. The maximum Gasteiger partial charge on any atom is 0.420 e. The second-order valence-electron chi connectivity index (χ2n) is 8.29. The summed E-state index contributed by atoms with van der Waals surface area (Å²) in [6.45, 7) is 12.5. The third-order valence-corrected chi connectivity index (χ3v) is 4.46. The number of rotatable bonds is 7. The maximum absolute atomic E-state index is 14.4. The monoisotopic (exact) mass is 415 g/mol. The SMILES string of the molecule is C=CCC(CCC)(NC(C)=O)c1nc(-c2ccccc2F)cn1C(=O)OC(C)(C)C. The van der Waals surface area contributed by atoms with E-state index in [4.69, 9.17) is 4.74 Å². The standard InChI is InChI=1S/C23H30FN3O3/c1-7-13-23(14-8-2,26-16(3)28)20-25-19(17-11-9-10-12-18(17)24)15-27(20)21(29)30-22(4,5)6/h7,9-12,15H,1,8,13-14H2,2-6H3,(H,26,28). The number of ether oxygens (including phenoxy) is 1. The van der Waals surface area contributed by atoms with Gasteiger partial charge in [-0.15, -0.1) is 6.58 Å². The van der Waals surface area contributed by atoms with Gasteiger partial charge < -0.3 is 10.1 Å². The first-order chi connectivity index (χ1) is 14.0. The third-order valence-electron chi connectivity index (χ3n) is 4.46. The number of amides is 1. The zero-order chi connectivity index (χ0) is 22.5. The van der Waals surface area contributed by atoms with Crippen LogP contribution in [-0.2, 0) is 15.1 Å². The van der Waals surface area contributed by atoms with Crippen LogP contribution >= 0.6 is 0 Å². The van der Waals surface area contributed by atoms with Gasteiger partial charge in [0.25, 0.3) is 0 Å². The van der Waals surface area contributed by atoms with Crippen molar-refractivity contribution in [2.45, 2.75) is 65.0 Å². The molecule has 6 nitrogen and oxygen atoms in total. The minimum atomic E-state index is -0.983. The molecule has 2 aromatic rings. The summed E-state index contributed by atoms with van der Waals surface area (Å²) in [7, 11) is 0. The van der Waals surface area contributed by atoms with Crippen LogP contribution < -0.4 is 5.32 Å². The number of carbonyl (C=O) groups is 2. The van der Waals surface area contributed by atoms with Crippen molar-refractivity contribution >= 4 is 12.0 Å². The summed E-state index contributed by atoms with van der Waals surface area (Å²) in [6.07, 6.45) is 4.04. The van der Waals surface area contributed by atoms with Crippen LogP contribution in [0.3, 0.4) is 0 Å². The van der Waals surface area contributed by atoms with Gasteiger partial charge in [0, 0.05) is 18.7 Å². The Bertz CT molecular complexity index is 930. The Hall–Kier alpha value is -2.96. The van der Waals surface area contributed by atoms with Gasteiger partial charge in [-0.25, -0.2) is 18.7 Å². The molecule has 0 aliphatic carbocycles. The number of carbonyl (C=O) groups excluding carboxylic acids is 2. The molecule has 1 aromatic heterocycles. The molecule has 162 valence electrons. The topological polar surface area (TPSA) is 73.2 Å². The summed E-state index contributed by atoms with van der Waals surface area (Å²) in [6, 6.07) is 6.20. The molecule has 30 heavy (non-hydrogen) atoms. The first-order valence-corrected chi connectivity index (χ1v) is 10.0. The van der Waals surface area contributed by atoms with Crippen LogP contribution in [-0.4, -0.2) is 27.2 Å². The van der Waals surface area contributed by atoms with E-state index in [9.17, 15) is 14.0 Å². The molecule has 0 fully saturated rings. The Morgan fingerprint density at radius 2 is 1.97 bits per heavy atom. The van der Waals surface area contributed by atoms with Crippen molar-refractivity contribution in [3.05, 3.63) is 54.8 Å². The minimum absolute atomic E-state index is 0.257. The molecule has 0 aliphatic heterocycles. The van der Waals surface area contributed by atoms with E-state index in [-0.39, 0.29) is 23.0 Å². The number of halogens is 1. The molecule has 0 bridgehead atoms. The Labute approximate surface area is 177 Å². The summed E-state index contributed by atoms with van der Waals surface area (Å²) in [5.41, 5.74) is -1.18. The Morgan fingerprint density at radius 1 is 1.30 bits per heavy atom. The highest BCUT2D eigenvalue weighted by molar-refractivity contribution is 5.77. The van der Waals surface area contributed by atoms with Crippen molar-refractivity contribution in [3.63, 3.8) is 0 Å². The lowest BCUT2D eigenvalue weighted by molar-refractivity contribution is -0.121. The van der Waals surface area contributed by atoms with Crippen molar-refractivity contribution in [3.8, 4) is 11.3 Å². The highest BCUT2D eigenvalue weighted by Gasteiger charge is 2.38. The van der Waals surface area contributed by atoms with Crippen molar-refractivity contribution in [1.29, 1.82) is 0 Å². The van der Waals surface area contributed by atoms with Crippen LogP contribution in [0.4, 0.5) is 9.18 Å². The number of nitrogens with one attached hydrogen (secondary N) is 1. The molecule has 1 N–H and O–H groups in total. The van der Waals surface area contributed by atoms with Crippen molar-refractivity contribution in [1.82, 2.24) is 14.9 Å². The highest BCUT2D eigenvalue weighted by atomic mass is 19.1. The second kappa shape index (κ2) is 9.24. The fourth-order valence-electron chi connectivity index (χ4n) is 3.45. The number of benzene rings is 1. The largest absolute Gasteiger partial charge is 0.443 e. The van der Waals surface area contributed by atoms with E-state index < -0.39 is 23.1 Å². The highest BCUT2D eigenvalue weighted by Crippen LogP contribution is 2.33. The molecule has 0 saturated carbocycles. The number of aromatic nitrogens is 2. The molecule has 7 heteroatoms. The summed E-state index contributed by atoms with van der Waals surface area (Å²) in [5.74, 6) is -0.439. The van der Waals surface area contributed by atoms with E-state index in [1.165, 1.54) is 23.8 Å². The van der Waals surface area contributed by atoms with Crippen LogP contribution in [0.1, 0.15) is 59.7 Å². The van der Waals surface area contributed by atoms with Crippen molar-refractivity contribution in [2.24, 2.45) is 0 Å². The lowest BCUT2D eigenvalue weighted by atomic mass is 9.88. The molecule has 2 rings (SSSR count). The Balaban J connectivity index is 2.75. The zero-order valence-corrected chi connectivity index (χ0v) is 18.3. The quantitative estimate of drug-likeness (QED) is 0.633. The van der Waals surface area contributed by atoms with Gasteiger partial charge in [0.15, 0.2) is 0 Å². The lowest BCUT2D eigenvalue weighted by Crippen LogP contribution is -2.47. The number of hydrogen-bond donors (Lipinski definition) is 1. The molecule has 0 aliphatic rings. The molecule has 1 atom stereocenters. The van der Waals surface area contributed by atoms with Gasteiger partial charge in [-0.05, 0) is 45.7 Å². The molecular formula is C23H30FN3O3.